The summed E-state index contributed by atoms with van der Waals surface area (Å²) in [5.41, 5.74) is 3.78. The zero-order chi connectivity index (χ0) is 24.4. The monoisotopic (exact) mass is 496 g/mol. The van der Waals surface area contributed by atoms with E-state index in [0.717, 1.165) is 39.0 Å². The number of carbonyl (C=O) groups excluding carboxylic acids is 1. The highest BCUT2D eigenvalue weighted by Crippen LogP contribution is 2.39. The van der Waals surface area contributed by atoms with Crippen LogP contribution < -0.4 is 14.5 Å². The summed E-state index contributed by atoms with van der Waals surface area (Å²) in [4.78, 5) is 17.7. The second-order valence-electron chi connectivity index (χ2n) is 8.40. The number of nitrogens with zero attached hydrogens (tertiary/aromatic N) is 2. The minimum atomic E-state index is -0.125. The topological polar surface area (TPSA) is 32.8 Å². The summed E-state index contributed by atoms with van der Waals surface area (Å²) in [6, 6.07) is 30.0. The van der Waals surface area contributed by atoms with Gasteiger partial charge in [-0.3, -0.25) is 9.69 Å². The van der Waals surface area contributed by atoms with Gasteiger partial charge in [-0.15, -0.1) is 0 Å². The van der Waals surface area contributed by atoms with Crippen LogP contribution in [-0.2, 0) is 11.4 Å². The molecule has 1 fully saturated rings. The van der Waals surface area contributed by atoms with Crippen LogP contribution in [0.1, 0.15) is 11.1 Å². The molecule has 0 N–H and O–H groups in total. The highest BCUT2D eigenvalue weighted by atomic mass is 32.2. The van der Waals surface area contributed by atoms with Crippen molar-refractivity contribution in [2.24, 2.45) is 0 Å². The zero-order valence-electron chi connectivity index (χ0n) is 19.5. The fourth-order valence-corrected chi connectivity index (χ4v) is 5.29. The van der Waals surface area contributed by atoms with E-state index >= 15 is 0 Å². The van der Waals surface area contributed by atoms with Crippen LogP contribution in [0.5, 0.6) is 5.75 Å². The van der Waals surface area contributed by atoms with Crippen molar-refractivity contribution in [1.29, 1.82) is 0 Å². The van der Waals surface area contributed by atoms with E-state index in [2.05, 4.69) is 12.1 Å². The molecule has 1 amide bonds. The van der Waals surface area contributed by atoms with Crippen molar-refractivity contribution < 1.29 is 9.53 Å². The fraction of sp³-hybridized carbons (Fsp3) is 0.103. The molecule has 1 heterocycles. The Morgan fingerprint density at radius 1 is 0.914 bits per heavy atom. The first-order valence-electron chi connectivity index (χ1n) is 11.2. The Bertz CT molecular complexity index is 1430. The van der Waals surface area contributed by atoms with E-state index in [1.807, 2.05) is 104 Å². The third-order valence-electron chi connectivity index (χ3n) is 5.86. The molecular formula is C29H24N2O2S2. The lowest BCUT2D eigenvalue weighted by Gasteiger charge is -2.17. The Morgan fingerprint density at radius 2 is 1.63 bits per heavy atom. The van der Waals surface area contributed by atoms with E-state index < -0.39 is 0 Å². The number of amides is 1. The largest absolute Gasteiger partial charge is 0.488 e. The van der Waals surface area contributed by atoms with Crippen LogP contribution >= 0.6 is 24.0 Å². The second kappa shape index (κ2) is 9.94. The highest BCUT2D eigenvalue weighted by Gasteiger charge is 2.33. The number of thiocarbonyl (C=S) groups is 1. The lowest BCUT2D eigenvalue weighted by molar-refractivity contribution is -0.113. The maximum absolute atomic E-state index is 13.5. The van der Waals surface area contributed by atoms with Crippen LogP contribution in [0.2, 0.25) is 0 Å². The molecule has 0 unspecified atom stereocenters. The Kier molecular flexibility index (Phi) is 6.57. The second-order valence-corrected chi connectivity index (χ2v) is 10.1. The standard InChI is InChI=1S/C29H24N2O2S2/c1-30(2)22-13-15-23(16-14-22)31-28(32)27(35-29(31)34)18-25-24-11-7-6-10-21(24)12-17-26(25)33-19-20-8-4-3-5-9-20/h3-18H,19H2,1-2H3/b27-18+. The van der Waals surface area contributed by atoms with Crippen LogP contribution in [0.25, 0.3) is 16.8 Å². The van der Waals surface area contributed by atoms with E-state index in [1.165, 1.54) is 11.8 Å². The van der Waals surface area contributed by atoms with Crippen molar-refractivity contribution in [3.63, 3.8) is 0 Å². The van der Waals surface area contributed by atoms with E-state index in [-0.39, 0.29) is 5.91 Å². The summed E-state index contributed by atoms with van der Waals surface area (Å²) < 4.78 is 6.75. The molecule has 4 aromatic carbocycles. The van der Waals surface area contributed by atoms with Crippen molar-refractivity contribution in [2.75, 3.05) is 23.9 Å². The van der Waals surface area contributed by atoms with Gasteiger partial charge in [-0.05, 0) is 52.7 Å². The van der Waals surface area contributed by atoms with Gasteiger partial charge in [0, 0.05) is 25.3 Å². The molecule has 0 atom stereocenters. The average molecular weight is 497 g/mol. The number of fused-ring (bicyclic) bond motifs is 1. The number of hydrogen-bond acceptors (Lipinski definition) is 5. The predicted octanol–water partition coefficient (Wildman–Crippen LogP) is 6.89. The quantitative estimate of drug-likeness (QED) is 0.214. The first-order valence-corrected chi connectivity index (χ1v) is 12.5. The number of hydrogen-bond donors (Lipinski definition) is 0. The van der Waals surface area contributed by atoms with Gasteiger partial charge in [-0.1, -0.05) is 84.6 Å². The van der Waals surface area contributed by atoms with Crippen molar-refractivity contribution in [2.45, 2.75) is 6.61 Å². The molecule has 6 heteroatoms. The van der Waals surface area contributed by atoms with Gasteiger partial charge >= 0.3 is 0 Å². The van der Waals surface area contributed by atoms with Crippen LogP contribution in [0.15, 0.2) is 95.9 Å². The van der Waals surface area contributed by atoms with Gasteiger partial charge in [0.2, 0.25) is 0 Å². The Labute approximate surface area is 214 Å². The summed E-state index contributed by atoms with van der Waals surface area (Å²) in [7, 11) is 3.97. The summed E-state index contributed by atoms with van der Waals surface area (Å²) >= 11 is 6.92. The average Bonchev–Trinajstić information content (AvgIpc) is 3.16. The summed E-state index contributed by atoms with van der Waals surface area (Å²) in [5, 5.41) is 2.11. The maximum atomic E-state index is 13.5. The molecule has 0 aromatic heterocycles. The molecule has 0 bridgehead atoms. The van der Waals surface area contributed by atoms with E-state index in [1.54, 1.807) is 4.90 Å². The van der Waals surface area contributed by atoms with Crippen LogP contribution in [0, 0.1) is 0 Å². The number of anilines is 2. The minimum absolute atomic E-state index is 0.125. The normalized spacial score (nSPS) is 14.7. The van der Waals surface area contributed by atoms with E-state index in [0.29, 0.717) is 15.8 Å². The van der Waals surface area contributed by atoms with Gasteiger partial charge in [0.1, 0.15) is 12.4 Å². The van der Waals surface area contributed by atoms with Gasteiger partial charge < -0.3 is 9.64 Å². The van der Waals surface area contributed by atoms with Crippen LogP contribution in [0.3, 0.4) is 0 Å². The molecule has 4 nitrogen and oxygen atoms in total. The van der Waals surface area contributed by atoms with Crippen molar-refractivity contribution >= 4 is 62.4 Å². The van der Waals surface area contributed by atoms with Crippen LogP contribution in [-0.4, -0.2) is 24.3 Å². The van der Waals surface area contributed by atoms with Gasteiger partial charge in [0.25, 0.3) is 5.91 Å². The fourth-order valence-electron chi connectivity index (χ4n) is 4.01. The number of rotatable bonds is 6. The number of ether oxygens (including phenoxy) is 1. The van der Waals surface area contributed by atoms with Gasteiger partial charge in [-0.2, -0.15) is 0 Å². The summed E-state index contributed by atoms with van der Waals surface area (Å²) in [5.74, 6) is 0.604. The highest BCUT2D eigenvalue weighted by molar-refractivity contribution is 8.27. The molecule has 35 heavy (non-hydrogen) atoms. The van der Waals surface area contributed by atoms with Crippen molar-refractivity contribution in [3.05, 3.63) is 107 Å². The summed E-state index contributed by atoms with van der Waals surface area (Å²) in [6.45, 7) is 0.444. The maximum Gasteiger partial charge on any atom is 0.270 e. The number of carbonyl (C=O) groups is 1. The molecule has 0 aliphatic carbocycles. The van der Waals surface area contributed by atoms with E-state index in [4.69, 9.17) is 17.0 Å². The minimum Gasteiger partial charge on any atom is -0.488 e. The third kappa shape index (κ3) is 4.81. The lowest BCUT2D eigenvalue weighted by Crippen LogP contribution is -2.27. The number of benzene rings is 4. The Hall–Kier alpha value is -3.61. The SMILES string of the molecule is CN(C)c1ccc(N2C(=O)/C(=C\c3c(OCc4ccccc4)ccc4ccccc34)SC2=S)cc1. The molecule has 1 saturated heterocycles. The molecule has 0 saturated carbocycles. The predicted molar refractivity (Wildman–Crippen MR) is 151 cm³/mol. The number of thioether (sulfide) groups is 1. The van der Waals surface area contributed by atoms with Gasteiger partial charge in [0.05, 0.1) is 10.6 Å². The zero-order valence-corrected chi connectivity index (χ0v) is 21.1. The third-order valence-corrected chi connectivity index (χ3v) is 7.16. The Morgan fingerprint density at radius 3 is 2.37 bits per heavy atom. The van der Waals surface area contributed by atoms with Crippen LogP contribution in [0.4, 0.5) is 11.4 Å². The molecule has 5 rings (SSSR count). The Balaban J connectivity index is 1.50. The van der Waals surface area contributed by atoms with Gasteiger partial charge in [-0.25, -0.2) is 0 Å². The van der Waals surface area contributed by atoms with Crippen molar-refractivity contribution in [3.8, 4) is 5.75 Å². The molecule has 174 valence electrons. The van der Waals surface area contributed by atoms with E-state index in [9.17, 15) is 4.79 Å². The van der Waals surface area contributed by atoms with Gasteiger partial charge in [0.15, 0.2) is 4.32 Å². The molecule has 0 spiro atoms. The molecule has 1 aliphatic heterocycles. The molecule has 1 aliphatic rings. The first-order chi connectivity index (χ1) is 17.0. The molecular weight excluding hydrogens is 472 g/mol. The summed E-state index contributed by atoms with van der Waals surface area (Å²) in [6.07, 6.45) is 1.91. The smallest absolute Gasteiger partial charge is 0.270 e. The lowest BCUT2D eigenvalue weighted by atomic mass is 10.0. The molecule has 0 radical (unpaired) electrons. The van der Waals surface area contributed by atoms with Crippen molar-refractivity contribution in [1.82, 2.24) is 0 Å². The molecule has 4 aromatic rings. The first kappa shape index (κ1) is 23.1.